The molecule has 15 heavy (non-hydrogen) atoms. The predicted octanol–water partition coefficient (Wildman–Crippen LogP) is 2.59. The second kappa shape index (κ2) is 5.28. The molecule has 0 aromatic carbocycles. The van der Waals surface area contributed by atoms with Gasteiger partial charge >= 0.3 is 0 Å². The maximum absolute atomic E-state index is 6.04. The molecule has 1 aliphatic heterocycles. The fourth-order valence-electron chi connectivity index (χ4n) is 2.09. The number of ether oxygens (including phenoxy) is 3. The van der Waals surface area contributed by atoms with Crippen molar-refractivity contribution in [3.05, 3.63) is 0 Å². The van der Waals surface area contributed by atoms with Crippen molar-refractivity contribution >= 4 is 0 Å². The highest BCUT2D eigenvalue weighted by Crippen LogP contribution is 2.33. The van der Waals surface area contributed by atoms with Crippen LogP contribution in [-0.4, -0.2) is 32.7 Å². The van der Waals surface area contributed by atoms with E-state index in [-0.39, 0.29) is 17.8 Å². The van der Waals surface area contributed by atoms with Gasteiger partial charge in [-0.05, 0) is 24.7 Å². The standard InChI is InChI=1S/C12H24O3/c1-12(2,3)10-8-6-7-9(15-10)11(13-4)14-5/h9-11H,6-8H2,1-5H3/t9-,10-/m1/s1. The third-order valence-electron chi connectivity index (χ3n) is 3.03. The zero-order valence-electron chi connectivity index (χ0n) is 10.6. The van der Waals surface area contributed by atoms with Crippen molar-refractivity contribution in [3.8, 4) is 0 Å². The monoisotopic (exact) mass is 216 g/mol. The summed E-state index contributed by atoms with van der Waals surface area (Å²) in [7, 11) is 3.33. The normalized spacial score (nSPS) is 28.4. The molecule has 0 aromatic rings. The first kappa shape index (κ1) is 12.9. The lowest BCUT2D eigenvalue weighted by molar-refractivity contribution is -0.220. The van der Waals surface area contributed by atoms with Crippen LogP contribution in [0.4, 0.5) is 0 Å². The minimum atomic E-state index is -0.227. The summed E-state index contributed by atoms with van der Waals surface area (Å²) in [5.74, 6) is 0. The average Bonchev–Trinajstić information content (AvgIpc) is 2.19. The molecule has 0 bridgehead atoms. The second-order valence-electron chi connectivity index (χ2n) is 5.30. The predicted molar refractivity (Wildman–Crippen MR) is 59.8 cm³/mol. The number of methoxy groups -OCH3 is 2. The van der Waals surface area contributed by atoms with E-state index in [0.29, 0.717) is 6.10 Å². The maximum Gasteiger partial charge on any atom is 0.183 e. The van der Waals surface area contributed by atoms with E-state index in [0.717, 1.165) is 12.8 Å². The Labute approximate surface area is 93.1 Å². The summed E-state index contributed by atoms with van der Waals surface area (Å²) in [5, 5.41) is 0. The molecule has 2 atom stereocenters. The Balaban J connectivity index is 2.55. The first-order valence-corrected chi connectivity index (χ1v) is 5.70. The van der Waals surface area contributed by atoms with Crippen LogP contribution in [0, 0.1) is 5.41 Å². The Morgan fingerprint density at radius 3 is 2.20 bits per heavy atom. The molecule has 1 heterocycles. The fraction of sp³-hybridized carbons (Fsp3) is 1.00. The Hall–Kier alpha value is -0.120. The Kier molecular flexibility index (Phi) is 4.56. The molecule has 1 fully saturated rings. The fourth-order valence-corrected chi connectivity index (χ4v) is 2.09. The minimum absolute atomic E-state index is 0.0815. The van der Waals surface area contributed by atoms with Gasteiger partial charge in [-0.3, -0.25) is 0 Å². The van der Waals surface area contributed by atoms with E-state index < -0.39 is 0 Å². The van der Waals surface area contributed by atoms with E-state index in [1.54, 1.807) is 14.2 Å². The van der Waals surface area contributed by atoms with Crippen LogP contribution < -0.4 is 0 Å². The largest absolute Gasteiger partial charge is 0.369 e. The summed E-state index contributed by atoms with van der Waals surface area (Å²) in [4.78, 5) is 0. The Morgan fingerprint density at radius 2 is 1.73 bits per heavy atom. The highest BCUT2D eigenvalue weighted by molar-refractivity contribution is 4.81. The molecule has 90 valence electrons. The molecule has 0 aliphatic carbocycles. The summed E-state index contributed by atoms with van der Waals surface area (Å²) in [5.41, 5.74) is 0.199. The molecule has 0 saturated carbocycles. The highest BCUT2D eigenvalue weighted by Gasteiger charge is 2.34. The minimum Gasteiger partial charge on any atom is -0.369 e. The van der Waals surface area contributed by atoms with E-state index in [2.05, 4.69) is 20.8 Å². The molecule has 0 aromatic heterocycles. The molecular formula is C12H24O3. The maximum atomic E-state index is 6.04. The third-order valence-corrected chi connectivity index (χ3v) is 3.03. The van der Waals surface area contributed by atoms with Crippen molar-refractivity contribution in [1.29, 1.82) is 0 Å². The SMILES string of the molecule is COC(OC)[C@H]1CCC[C@H](C(C)(C)C)O1. The van der Waals surface area contributed by atoms with Crippen molar-refractivity contribution in [2.45, 2.75) is 58.5 Å². The molecule has 1 rings (SSSR count). The lowest BCUT2D eigenvalue weighted by Crippen LogP contribution is -2.43. The van der Waals surface area contributed by atoms with Gasteiger partial charge in [-0.2, -0.15) is 0 Å². The van der Waals surface area contributed by atoms with E-state index >= 15 is 0 Å². The van der Waals surface area contributed by atoms with Gasteiger partial charge in [0.15, 0.2) is 6.29 Å². The van der Waals surface area contributed by atoms with Crippen LogP contribution in [0.15, 0.2) is 0 Å². The van der Waals surface area contributed by atoms with Crippen LogP contribution in [-0.2, 0) is 14.2 Å². The zero-order chi connectivity index (χ0) is 11.5. The zero-order valence-corrected chi connectivity index (χ0v) is 10.6. The first-order chi connectivity index (χ1) is 6.99. The van der Waals surface area contributed by atoms with E-state index in [1.807, 2.05) is 0 Å². The molecule has 0 amide bonds. The Bertz CT molecular complexity index is 182. The molecule has 1 saturated heterocycles. The van der Waals surface area contributed by atoms with E-state index in [1.165, 1.54) is 6.42 Å². The Morgan fingerprint density at radius 1 is 1.13 bits per heavy atom. The van der Waals surface area contributed by atoms with Crippen LogP contribution in [0.5, 0.6) is 0 Å². The molecule has 0 radical (unpaired) electrons. The van der Waals surface area contributed by atoms with Gasteiger partial charge in [-0.15, -0.1) is 0 Å². The van der Waals surface area contributed by atoms with Crippen LogP contribution in [0.1, 0.15) is 40.0 Å². The van der Waals surface area contributed by atoms with Gasteiger partial charge in [0.2, 0.25) is 0 Å². The van der Waals surface area contributed by atoms with Crippen molar-refractivity contribution in [1.82, 2.24) is 0 Å². The molecule has 3 heteroatoms. The quantitative estimate of drug-likeness (QED) is 0.679. The van der Waals surface area contributed by atoms with Gasteiger partial charge in [0, 0.05) is 14.2 Å². The number of hydrogen-bond acceptors (Lipinski definition) is 3. The number of hydrogen-bond donors (Lipinski definition) is 0. The topological polar surface area (TPSA) is 27.7 Å². The average molecular weight is 216 g/mol. The summed E-state index contributed by atoms with van der Waals surface area (Å²) >= 11 is 0. The van der Waals surface area contributed by atoms with E-state index in [9.17, 15) is 0 Å². The molecule has 1 aliphatic rings. The van der Waals surface area contributed by atoms with Crippen LogP contribution in [0.2, 0.25) is 0 Å². The van der Waals surface area contributed by atoms with E-state index in [4.69, 9.17) is 14.2 Å². The van der Waals surface area contributed by atoms with Gasteiger partial charge in [0.05, 0.1) is 6.10 Å². The summed E-state index contributed by atoms with van der Waals surface area (Å²) in [6.07, 6.45) is 3.52. The van der Waals surface area contributed by atoms with Crippen LogP contribution >= 0.6 is 0 Å². The highest BCUT2D eigenvalue weighted by atomic mass is 16.7. The second-order valence-corrected chi connectivity index (χ2v) is 5.30. The van der Waals surface area contributed by atoms with Crippen molar-refractivity contribution in [2.24, 2.45) is 5.41 Å². The smallest absolute Gasteiger partial charge is 0.183 e. The lowest BCUT2D eigenvalue weighted by Gasteiger charge is -2.39. The van der Waals surface area contributed by atoms with Crippen molar-refractivity contribution in [2.75, 3.05) is 14.2 Å². The summed E-state index contributed by atoms with van der Waals surface area (Å²) < 4.78 is 16.6. The van der Waals surface area contributed by atoms with Gasteiger partial charge in [-0.25, -0.2) is 0 Å². The molecule has 0 spiro atoms. The lowest BCUT2D eigenvalue weighted by atomic mass is 9.84. The summed E-state index contributed by atoms with van der Waals surface area (Å²) in [6, 6.07) is 0. The molecular weight excluding hydrogens is 192 g/mol. The molecule has 0 unspecified atom stereocenters. The third kappa shape index (κ3) is 3.44. The first-order valence-electron chi connectivity index (χ1n) is 5.70. The molecule has 0 N–H and O–H groups in total. The van der Waals surface area contributed by atoms with Crippen LogP contribution in [0.3, 0.4) is 0 Å². The van der Waals surface area contributed by atoms with Gasteiger partial charge in [0.25, 0.3) is 0 Å². The number of rotatable bonds is 3. The van der Waals surface area contributed by atoms with Crippen molar-refractivity contribution < 1.29 is 14.2 Å². The summed E-state index contributed by atoms with van der Waals surface area (Å²) in [6.45, 7) is 6.65. The van der Waals surface area contributed by atoms with Crippen LogP contribution in [0.25, 0.3) is 0 Å². The van der Waals surface area contributed by atoms with Gasteiger partial charge in [-0.1, -0.05) is 20.8 Å². The molecule has 3 nitrogen and oxygen atoms in total. The van der Waals surface area contributed by atoms with Crippen molar-refractivity contribution in [3.63, 3.8) is 0 Å². The van der Waals surface area contributed by atoms with Gasteiger partial charge < -0.3 is 14.2 Å². The van der Waals surface area contributed by atoms with Gasteiger partial charge in [0.1, 0.15) is 6.10 Å².